The van der Waals surface area contributed by atoms with Crippen LogP contribution < -0.4 is 0 Å². The molecular formula is C17H14N2O3. The van der Waals surface area contributed by atoms with Crippen molar-refractivity contribution in [3.8, 4) is 5.69 Å². The zero-order valence-corrected chi connectivity index (χ0v) is 12.0. The number of aldehydes is 1. The van der Waals surface area contributed by atoms with Crippen molar-refractivity contribution in [2.75, 3.05) is 6.61 Å². The number of hydrogen-bond donors (Lipinski definition) is 0. The summed E-state index contributed by atoms with van der Waals surface area (Å²) in [6, 6.07) is 10.6. The number of nitrogens with zero attached hydrogens (tertiary/aromatic N) is 2. The molecule has 3 rings (SSSR count). The van der Waals surface area contributed by atoms with Gasteiger partial charge in [-0.3, -0.25) is 4.79 Å². The molecule has 0 atom stereocenters. The van der Waals surface area contributed by atoms with Crippen LogP contribution in [0.15, 0.2) is 48.8 Å². The van der Waals surface area contributed by atoms with E-state index in [-0.39, 0.29) is 5.97 Å². The lowest BCUT2D eigenvalue weighted by atomic mass is 10.2. The van der Waals surface area contributed by atoms with E-state index in [2.05, 4.69) is 4.98 Å². The third kappa shape index (κ3) is 2.37. The van der Waals surface area contributed by atoms with E-state index in [9.17, 15) is 9.59 Å². The average Bonchev–Trinajstić information content (AvgIpc) is 2.94. The maximum absolute atomic E-state index is 11.7. The molecule has 0 N–H and O–H groups in total. The number of carbonyl (C=O) groups is 2. The van der Waals surface area contributed by atoms with Gasteiger partial charge in [0, 0.05) is 29.0 Å². The number of fused-ring (bicyclic) bond motifs is 1. The predicted octanol–water partition coefficient (Wildman–Crippen LogP) is 3.01. The molecule has 0 aliphatic carbocycles. The maximum Gasteiger partial charge on any atom is 0.338 e. The zero-order chi connectivity index (χ0) is 15.5. The first-order chi connectivity index (χ1) is 10.7. The number of carbonyl (C=O) groups excluding carboxylic acids is 2. The summed E-state index contributed by atoms with van der Waals surface area (Å²) < 4.78 is 6.79. The standard InChI is InChI=1S/C17H14N2O3/c1-2-22-17(21)12-5-7-14(8-6-12)19-10-13(11-20)15-4-3-9-18-16(15)19/h3-11H,2H2,1H3. The molecule has 2 aromatic heterocycles. The predicted molar refractivity (Wildman–Crippen MR) is 82.4 cm³/mol. The number of aromatic nitrogens is 2. The van der Waals surface area contributed by atoms with Crippen LogP contribution in [0.25, 0.3) is 16.7 Å². The molecule has 0 amide bonds. The molecule has 3 aromatic rings. The Hall–Kier alpha value is -2.95. The van der Waals surface area contributed by atoms with E-state index in [0.29, 0.717) is 23.4 Å². The fourth-order valence-corrected chi connectivity index (χ4v) is 2.35. The van der Waals surface area contributed by atoms with Gasteiger partial charge in [-0.1, -0.05) is 0 Å². The number of ether oxygens (including phenoxy) is 1. The summed E-state index contributed by atoms with van der Waals surface area (Å²) in [6.45, 7) is 2.11. The summed E-state index contributed by atoms with van der Waals surface area (Å²) in [7, 11) is 0. The summed E-state index contributed by atoms with van der Waals surface area (Å²) in [5, 5.41) is 0.798. The first-order valence-corrected chi connectivity index (χ1v) is 6.93. The minimum absolute atomic E-state index is 0.343. The number of esters is 1. The molecule has 0 spiro atoms. The van der Waals surface area contributed by atoms with Crippen LogP contribution in [-0.4, -0.2) is 28.4 Å². The van der Waals surface area contributed by atoms with Crippen LogP contribution in [0.5, 0.6) is 0 Å². The molecule has 1 aromatic carbocycles. The summed E-state index contributed by atoms with van der Waals surface area (Å²) >= 11 is 0. The van der Waals surface area contributed by atoms with E-state index < -0.39 is 0 Å². The summed E-state index contributed by atoms with van der Waals surface area (Å²) in [6.07, 6.45) is 4.23. The second kappa shape index (κ2) is 5.81. The highest BCUT2D eigenvalue weighted by molar-refractivity contribution is 5.96. The van der Waals surface area contributed by atoms with Gasteiger partial charge in [0.05, 0.1) is 12.2 Å². The van der Waals surface area contributed by atoms with Crippen LogP contribution in [0.4, 0.5) is 0 Å². The second-order valence-electron chi connectivity index (χ2n) is 4.71. The Labute approximate surface area is 127 Å². The van der Waals surface area contributed by atoms with Gasteiger partial charge in [-0.25, -0.2) is 9.78 Å². The molecule has 0 saturated heterocycles. The van der Waals surface area contributed by atoms with Crippen molar-refractivity contribution in [3.63, 3.8) is 0 Å². The van der Waals surface area contributed by atoms with Gasteiger partial charge >= 0.3 is 5.97 Å². The largest absolute Gasteiger partial charge is 0.462 e. The van der Waals surface area contributed by atoms with Crippen molar-refractivity contribution >= 4 is 23.3 Å². The van der Waals surface area contributed by atoms with Gasteiger partial charge in [-0.05, 0) is 43.3 Å². The lowest BCUT2D eigenvalue weighted by Gasteiger charge is -2.06. The average molecular weight is 294 g/mol. The highest BCUT2D eigenvalue weighted by atomic mass is 16.5. The topological polar surface area (TPSA) is 61.2 Å². The van der Waals surface area contributed by atoms with Crippen LogP contribution in [0, 0.1) is 0 Å². The van der Waals surface area contributed by atoms with E-state index in [1.807, 2.05) is 10.6 Å². The minimum atomic E-state index is -0.349. The van der Waals surface area contributed by atoms with Crippen molar-refractivity contribution in [2.24, 2.45) is 0 Å². The summed E-state index contributed by atoms with van der Waals surface area (Å²) in [4.78, 5) is 27.2. The van der Waals surface area contributed by atoms with Gasteiger partial charge in [0.25, 0.3) is 0 Å². The van der Waals surface area contributed by atoms with Crippen LogP contribution >= 0.6 is 0 Å². The number of hydrogen-bond acceptors (Lipinski definition) is 4. The van der Waals surface area contributed by atoms with E-state index in [1.165, 1.54) is 0 Å². The Balaban J connectivity index is 2.05. The molecule has 0 aliphatic heterocycles. The molecule has 5 nitrogen and oxygen atoms in total. The smallest absolute Gasteiger partial charge is 0.338 e. The molecular weight excluding hydrogens is 280 g/mol. The van der Waals surface area contributed by atoms with Crippen LogP contribution in [0.2, 0.25) is 0 Å². The molecule has 22 heavy (non-hydrogen) atoms. The summed E-state index contributed by atoms with van der Waals surface area (Å²) in [5.74, 6) is -0.349. The molecule has 0 bridgehead atoms. The third-order valence-electron chi connectivity index (χ3n) is 3.38. The van der Waals surface area contributed by atoms with Crippen LogP contribution in [0.3, 0.4) is 0 Å². The maximum atomic E-state index is 11.7. The molecule has 0 fully saturated rings. The molecule has 110 valence electrons. The highest BCUT2D eigenvalue weighted by Crippen LogP contribution is 2.22. The van der Waals surface area contributed by atoms with Crippen molar-refractivity contribution in [1.82, 2.24) is 9.55 Å². The zero-order valence-electron chi connectivity index (χ0n) is 12.0. The van der Waals surface area contributed by atoms with Crippen molar-refractivity contribution in [2.45, 2.75) is 6.92 Å². The SMILES string of the molecule is CCOC(=O)c1ccc(-n2cc(C=O)c3cccnc32)cc1. The highest BCUT2D eigenvalue weighted by Gasteiger charge is 2.11. The number of rotatable bonds is 4. The fourth-order valence-electron chi connectivity index (χ4n) is 2.35. The second-order valence-corrected chi connectivity index (χ2v) is 4.71. The Morgan fingerprint density at radius 2 is 2.05 bits per heavy atom. The van der Waals surface area contributed by atoms with Gasteiger partial charge in [0.2, 0.25) is 0 Å². The third-order valence-corrected chi connectivity index (χ3v) is 3.38. The van der Waals surface area contributed by atoms with Gasteiger partial charge < -0.3 is 9.30 Å². The van der Waals surface area contributed by atoms with E-state index in [4.69, 9.17) is 4.74 Å². The van der Waals surface area contributed by atoms with Gasteiger partial charge in [0.1, 0.15) is 5.65 Å². The van der Waals surface area contributed by atoms with Crippen molar-refractivity contribution in [3.05, 3.63) is 59.9 Å². The first kappa shape index (κ1) is 14.0. The Kier molecular flexibility index (Phi) is 3.70. The van der Waals surface area contributed by atoms with E-state index >= 15 is 0 Å². The monoisotopic (exact) mass is 294 g/mol. The van der Waals surface area contributed by atoms with Gasteiger partial charge in [0.15, 0.2) is 6.29 Å². The Morgan fingerprint density at radius 1 is 1.27 bits per heavy atom. The number of pyridine rings is 1. The fraction of sp³-hybridized carbons (Fsp3) is 0.118. The van der Waals surface area contributed by atoms with Gasteiger partial charge in [-0.15, -0.1) is 0 Å². The quantitative estimate of drug-likeness (QED) is 0.548. The number of benzene rings is 1. The first-order valence-electron chi connectivity index (χ1n) is 6.93. The molecule has 0 radical (unpaired) electrons. The van der Waals surface area contributed by atoms with E-state index in [0.717, 1.165) is 17.4 Å². The molecule has 0 saturated carbocycles. The Bertz CT molecular complexity index is 835. The molecule has 0 unspecified atom stereocenters. The van der Waals surface area contributed by atoms with Crippen LogP contribution in [0.1, 0.15) is 27.6 Å². The van der Waals surface area contributed by atoms with Crippen molar-refractivity contribution in [1.29, 1.82) is 0 Å². The van der Waals surface area contributed by atoms with E-state index in [1.54, 1.807) is 49.6 Å². The van der Waals surface area contributed by atoms with Gasteiger partial charge in [-0.2, -0.15) is 0 Å². The minimum Gasteiger partial charge on any atom is -0.462 e. The molecule has 0 aliphatic rings. The lowest BCUT2D eigenvalue weighted by Crippen LogP contribution is -2.04. The molecule has 5 heteroatoms. The van der Waals surface area contributed by atoms with Crippen molar-refractivity contribution < 1.29 is 14.3 Å². The summed E-state index contributed by atoms with van der Waals surface area (Å²) in [5.41, 5.74) is 2.60. The lowest BCUT2D eigenvalue weighted by molar-refractivity contribution is 0.0526. The molecule has 2 heterocycles. The normalized spacial score (nSPS) is 10.6. The van der Waals surface area contributed by atoms with Crippen LogP contribution in [-0.2, 0) is 4.74 Å². The Morgan fingerprint density at radius 3 is 2.73 bits per heavy atom.